The van der Waals surface area contributed by atoms with E-state index < -0.39 is 5.97 Å². The van der Waals surface area contributed by atoms with Gasteiger partial charge in [0.25, 0.3) is 0 Å². The molecule has 2 aliphatic heterocycles. The molecule has 2 saturated heterocycles. The minimum atomic E-state index is -0.460. The number of rotatable bonds is 5. The van der Waals surface area contributed by atoms with Gasteiger partial charge in [0, 0.05) is 38.1 Å². The maximum Gasteiger partial charge on any atom is 0.339 e. The first kappa shape index (κ1) is 21.1. The van der Waals surface area contributed by atoms with Gasteiger partial charge in [-0.2, -0.15) is 0 Å². The lowest BCUT2D eigenvalue weighted by molar-refractivity contribution is 0.0599. The Morgan fingerprint density at radius 2 is 2.06 bits per heavy atom. The highest BCUT2D eigenvalue weighted by atomic mass is 35.5. The first-order valence-electron chi connectivity index (χ1n) is 11.0. The Bertz CT molecular complexity index is 1120. The summed E-state index contributed by atoms with van der Waals surface area (Å²) in [6.07, 6.45) is 2.22. The quantitative estimate of drug-likeness (QED) is 0.533. The zero-order valence-electron chi connectivity index (χ0n) is 18.0. The average molecular weight is 456 g/mol. The van der Waals surface area contributed by atoms with E-state index in [0.717, 1.165) is 55.8 Å². The van der Waals surface area contributed by atoms with Gasteiger partial charge in [0.05, 0.1) is 29.7 Å². The molecule has 2 aromatic carbocycles. The molecule has 8 heteroatoms. The van der Waals surface area contributed by atoms with Crippen molar-refractivity contribution in [1.82, 2.24) is 10.1 Å². The molecule has 0 radical (unpaired) electrons. The van der Waals surface area contributed by atoms with E-state index in [9.17, 15) is 4.79 Å². The predicted molar refractivity (Wildman–Crippen MR) is 123 cm³/mol. The van der Waals surface area contributed by atoms with Crippen LogP contribution in [0, 0.1) is 5.92 Å². The number of halogens is 1. The number of ether oxygens (including phenoxy) is 2. The highest BCUT2D eigenvalue weighted by Crippen LogP contribution is 2.31. The number of anilines is 1. The fraction of sp³-hybridized carbons (Fsp3) is 0.417. The van der Waals surface area contributed by atoms with E-state index in [0.29, 0.717) is 34.9 Å². The first-order valence-corrected chi connectivity index (χ1v) is 11.3. The molecule has 0 unspecified atom stereocenters. The monoisotopic (exact) mass is 455 g/mol. The molecule has 2 atom stereocenters. The van der Waals surface area contributed by atoms with Gasteiger partial charge in [-0.1, -0.05) is 28.9 Å². The summed E-state index contributed by atoms with van der Waals surface area (Å²) in [5.74, 6) is 1.58. The molecular weight excluding hydrogens is 430 g/mol. The number of hydrogen-bond donors (Lipinski definition) is 0. The molecule has 0 amide bonds. The number of carbonyl (C=O) groups excluding carboxylic acids is 1. The van der Waals surface area contributed by atoms with Gasteiger partial charge in [0.1, 0.15) is 5.75 Å². The molecule has 1 aromatic heterocycles. The van der Waals surface area contributed by atoms with Crippen molar-refractivity contribution in [3.05, 3.63) is 53.1 Å². The molecule has 32 heavy (non-hydrogen) atoms. The van der Waals surface area contributed by atoms with E-state index in [-0.39, 0.29) is 0 Å². The van der Waals surface area contributed by atoms with Gasteiger partial charge in [0.2, 0.25) is 0 Å². The van der Waals surface area contributed by atoms with Gasteiger partial charge in [-0.05, 0) is 43.2 Å². The van der Waals surface area contributed by atoms with Crippen molar-refractivity contribution in [2.24, 2.45) is 5.92 Å². The van der Waals surface area contributed by atoms with Crippen LogP contribution in [0.5, 0.6) is 5.75 Å². The Kier molecular flexibility index (Phi) is 5.93. The van der Waals surface area contributed by atoms with E-state index in [1.54, 1.807) is 18.2 Å². The Balaban J connectivity index is 1.18. The Hall–Kier alpha value is -2.77. The maximum absolute atomic E-state index is 11.9. The topological polar surface area (TPSA) is 68.0 Å². The van der Waals surface area contributed by atoms with Crippen LogP contribution in [0.3, 0.4) is 0 Å². The van der Waals surface area contributed by atoms with Crippen molar-refractivity contribution >= 4 is 34.4 Å². The fourth-order valence-electron chi connectivity index (χ4n) is 4.76. The van der Waals surface area contributed by atoms with Crippen LogP contribution in [-0.2, 0) is 4.74 Å². The normalized spacial score (nSPS) is 21.4. The van der Waals surface area contributed by atoms with Crippen molar-refractivity contribution in [1.29, 1.82) is 0 Å². The van der Waals surface area contributed by atoms with Crippen LogP contribution in [-0.4, -0.2) is 62.0 Å². The molecule has 0 saturated carbocycles. The predicted octanol–water partition coefficient (Wildman–Crippen LogP) is 4.25. The van der Waals surface area contributed by atoms with Crippen LogP contribution < -0.4 is 9.64 Å². The molecule has 3 heterocycles. The van der Waals surface area contributed by atoms with Crippen LogP contribution in [0.25, 0.3) is 11.0 Å². The average Bonchev–Trinajstić information content (AvgIpc) is 3.27. The number of piperazine rings is 1. The molecule has 7 nitrogen and oxygen atoms in total. The number of methoxy groups -OCH3 is 1. The number of hydrogen-bond acceptors (Lipinski definition) is 7. The molecule has 2 fully saturated rings. The van der Waals surface area contributed by atoms with Crippen molar-refractivity contribution in [3.8, 4) is 5.75 Å². The molecule has 5 rings (SSSR count). The maximum atomic E-state index is 11.9. The van der Waals surface area contributed by atoms with E-state index in [1.807, 2.05) is 18.2 Å². The van der Waals surface area contributed by atoms with Crippen LogP contribution in [0.1, 0.15) is 23.2 Å². The van der Waals surface area contributed by atoms with Gasteiger partial charge < -0.3 is 18.9 Å². The van der Waals surface area contributed by atoms with E-state index >= 15 is 0 Å². The lowest BCUT2D eigenvalue weighted by atomic mass is 9.91. The minimum Gasteiger partial charge on any atom is -0.493 e. The molecule has 0 spiro atoms. The molecule has 3 aromatic rings. The van der Waals surface area contributed by atoms with Crippen LogP contribution in [0.2, 0.25) is 5.02 Å². The minimum absolute atomic E-state index is 0.326. The Morgan fingerprint density at radius 1 is 1.19 bits per heavy atom. The zero-order chi connectivity index (χ0) is 22.1. The molecule has 2 aliphatic rings. The lowest BCUT2D eigenvalue weighted by Crippen LogP contribution is -2.57. The number of esters is 1. The largest absolute Gasteiger partial charge is 0.493 e. The SMILES string of the molecule is COC(=O)c1cc(OC[C@@H]2CC[C@@H]3CN(c4noc5ccccc45)CCN3C2)ccc1Cl. The van der Waals surface area contributed by atoms with Crippen LogP contribution in [0.4, 0.5) is 5.82 Å². The molecule has 0 bridgehead atoms. The summed E-state index contributed by atoms with van der Waals surface area (Å²) in [5.41, 5.74) is 1.16. The second-order valence-electron chi connectivity index (χ2n) is 8.48. The van der Waals surface area contributed by atoms with Gasteiger partial charge >= 0.3 is 5.97 Å². The number of nitrogens with zero attached hydrogens (tertiary/aromatic N) is 3. The van der Waals surface area contributed by atoms with Crippen molar-refractivity contribution in [2.75, 3.05) is 44.8 Å². The summed E-state index contributed by atoms with van der Waals surface area (Å²) in [6.45, 7) is 4.51. The second-order valence-corrected chi connectivity index (χ2v) is 8.89. The number of aromatic nitrogens is 1. The zero-order valence-corrected chi connectivity index (χ0v) is 18.8. The molecule has 0 N–H and O–H groups in total. The summed E-state index contributed by atoms with van der Waals surface area (Å²) < 4.78 is 16.3. The number of benzene rings is 2. The van der Waals surface area contributed by atoms with E-state index in [2.05, 4.69) is 21.0 Å². The van der Waals surface area contributed by atoms with Crippen molar-refractivity contribution < 1.29 is 18.8 Å². The highest BCUT2D eigenvalue weighted by molar-refractivity contribution is 6.33. The Labute approximate surface area is 191 Å². The number of fused-ring (bicyclic) bond motifs is 2. The molecular formula is C24H26ClN3O4. The third-order valence-electron chi connectivity index (χ3n) is 6.49. The smallest absolute Gasteiger partial charge is 0.339 e. The van der Waals surface area contributed by atoms with Gasteiger partial charge in [-0.25, -0.2) is 4.79 Å². The second kappa shape index (κ2) is 9.00. The highest BCUT2D eigenvalue weighted by Gasteiger charge is 2.34. The summed E-state index contributed by atoms with van der Waals surface area (Å²) in [4.78, 5) is 16.8. The van der Waals surface area contributed by atoms with Crippen molar-refractivity contribution in [2.45, 2.75) is 18.9 Å². The van der Waals surface area contributed by atoms with E-state index in [4.69, 9.17) is 25.6 Å². The van der Waals surface area contributed by atoms with Crippen molar-refractivity contribution in [3.63, 3.8) is 0 Å². The van der Waals surface area contributed by atoms with Gasteiger partial charge in [0.15, 0.2) is 11.4 Å². The van der Waals surface area contributed by atoms with Gasteiger partial charge in [-0.15, -0.1) is 0 Å². The Morgan fingerprint density at radius 3 is 2.94 bits per heavy atom. The summed E-state index contributed by atoms with van der Waals surface area (Å²) in [6, 6.07) is 13.7. The number of carbonyl (C=O) groups is 1. The first-order chi connectivity index (χ1) is 15.6. The lowest BCUT2D eigenvalue weighted by Gasteiger charge is -2.46. The summed E-state index contributed by atoms with van der Waals surface area (Å²) in [7, 11) is 1.34. The molecule has 0 aliphatic carbocycles. The standard InChI is InChI=1S/C24H26ClN3O4/c1-30-24(29)20-12-18(8-9-21(20)25)31-15-16-6-7-17-14-28(11-10-27(17)13-16)23-19-4-2-3-5-22(19)32-26-23/h2-5,8-9,12,16-17H,6-7,10-11,13-15H2,1H3/t16-,17-/m1/s1. The van der Waals surface area contributed by atoms with Crippen LogP contribution >= 0.6 is 11.6 Å². The number of para-hydroxylation sites is 1. The third-order valence-corrected chi connectivity index (χ3v) is 6.82. The summed E-state index contributed by atoms with van der Waals surface area (Å²) in [5, 5.41) is 5.78. The van der Waals surface area contributed by atoms with E-state index in [1.165, 1.54) is 7.11 Å². The third kappa shape index (κ3) is 4.14. The number of piperidine rings is 1. The summed E-state index contributed by atoms with van der Waals surface area (Å²) >= 11 is 6.10. The van der Waals surface area contributed by atoms with Gasteiger partial charge in [-0.3, -0.25) is 4.90 Å². The van der Waals surface area contributed by atoms with Crippen LogP contribution in [0.15, 0.2) is 47.0 Å². The molecule has 168 valence electrons. The fourth-order valence-corrected chi connectivity index (χ4v) is 4.96.